The second kappa shape index (κ2) is 6.97. The van der Waals surface area contributed by atoms with E-state index in [0.29, 0.717) is 13.1 Å². The van der Waals surface area contributed by atoms with Crippen LogP contribution in [-0.4, -0.2) is 30.5 Å². The number of para-hydroxylation sites is 1. The van der Waals surface area contributed by atoms with Gasteiger partial charge in [-0.15, -0.1) is 0 Å². The van der Waals surface area contributed by atoms with E-state index in [2.05, 4.69) is 46.9 Å². The maximum absolute atomic E-state index is 11.8. The van der Waals surface area contributed by atoms with Crippen molar-refractivity contribution in [3.8, 4) is 0 Å². The number of aryl methyl sites for hydroxylation is 1. The number of amides is 1. The predicted octanol–water partition coefficient (Wildman–Crippen LogP) is 2.39. The van der Waals surface area contributed by atoms with Crippen LogP contribution in [0, 0.1) is 5.92 Å². The van der Waals surface area contributed by atoms with Crippen LogP contribution in [0.4, 0.5) is 0 Å². The third kappa shape index (κ3) is 3.69. The molecule has 0 bridgehead atoms. The standard InChI is InChI=1S/C18H25N3O/c1-2-14-4-3-5-16-15(11-21-18(14)16)8-9-20-17(22)12-19-10-13-6-7-13/h3-5,11,13,19,21H,2,6-10,12H2,1H3,(H,20,22). The van der Waals surface area contributed by atoms with Gasteiger partial charge in [0.2, 0.25) is 5.91 Å². The van der Waals surface area contributed by atoms with Crippen LogP contribution in [0.5, 0.6) is 0 Å². The Kier molecular flexibility index (Phi) is 4.78. The van der Waals surface area contributed by atoms with Crippen molar-refractivity contribution in [2.75, 3.05) is 19.6 Å². The molecule has 0 aliphatic heterocycles. The molecule has 1 aromatic heterocycles. The Morgan fingerprint density at radius 3 is 2.95 bits per heavy atom. The van der Waals surface area contributed by atoms with Gasteiger partial charge in [-0.1, -0.05) is 25.1 Å². The Labute approximate surface area is 131 Å². The van der Waals surface area contributed by atoms with E-state index in [-0.39, 0.29) is 5.91 Å². The first-order valence-corrected chi connectivity index (χ1v) is 8.33. The molecule has 0 atom stereocenters. The highest BCUT2D eigenvalue weighted by molar-refractivity contribution is 5.86. The lowest BCUT2D eigenvalue weighted by atomic mass is 10.1. The lowest BCUT2D eigenvalue weighted by molar-refractivity contribution is -0.120. The maximum Gasteiger partial charge on any atom is 0.233 e. The monoisotopic (exact) mass is 299 g/mol. The molecular formula is C18H25N3O. The van der Waals surface area contributed by atoms with Crippen molar-refractivity contribution in [2.24, 2.45) is 5.92 Å². The van der Waals surface area contributed by atoms with Gasteiger partial charge >= 0.3 is 0 Å². The first-order valence-electron chi connectivity index (χ1n) is 8.33. The lowest BCUT2D eigenvalue weighted by Crippen LogP contribution is -2.35. The molecule has 2 aromatic rings. The van der Waals surface area contributed by atoms with Gasteiger partial charge in [0, 0.05) is 23.6 Å². The molecule has 22 heavy (non-hydrogen) atoms. The Balaban J connectivity index is 1.47. The zero-order valence-electron chi connectivity index (χ0n) is 13.2. The summed E-state index contributed by atoms with van der Waals surface area (Å²) in [6, 6.07) is 6.42. The van der Waals surface area contributed by atoms with E-state index >= 15 is 0 Å². The molecule has 1 heterocycles. The third-order valence-electron chi connectivity index (χ3n) is 4.40. The predicted molar refractivity (Wildman–Crippen MR) is 90.0 cm³/mol. The fourth-order valence-electron chi connectivity index (χ4n) is 2.89. The zero-order valence-corrected chi connectivity index (χ0v) is 13.2. The van der Waals surface area contributed by atoms with Crippen LogP contribution in [0.25, 0.3) is 10.9 Å². The second-order valence-corrected chi connectivity index (χ2v) is 6.18. The number of rotatable bonds is 8. The molecule has 1 saturated carbocycles. The number of aromatic nitrogens is 1. The van der Waals surface area contributed by atoms with Crippen molar-refractivity contribution in [3.63, 3.8) is 0 Å². The minimum atomic E-state index is 0.0924. The quantitative estimate of drug-likeness (QED) is 0.701. The molecule has 4 heteroatoms. The van der Waals surface area contributed by atoms with E-state index < -0.39 is 0 Å². The molecule has 0 radical (unpaired) electrons. The van der Waals surface area contributed by atoms with Crippen molar-refractivity contribution < 1.29 is 4.79 Å². The van der Waals surface area contributed by atoms with Crippen LogP contribution >= 0.6 is 0 Å². The Hall–Kier alpha value is -1.81. The van der Waals surface area contributed by atoms with E-state index in [1.165, 1.54) is 34.9 Å². The number of benzene rings is 1. The summed E-state index contributed by atoms with van der Waals surface area (Å²) in [5.74, 6) is 0.904. The molecule has 3 rings (SSSR count). The fraction of sp³-hybridized carbons (Fsp3) is 0.500. The van der Waals surface area contributed by atoms with Crippen molar-refractivity contribution >= 4 is 16.8 Å². The van der Waals surface area contributed by atoms with Gasteiger partial charge in [0.25, 0.3) is 0 Å². The molecule has 3 N–H and O–H groups in total. The first kappa shape index (κ1) is 15.1. The van der Waals surface area contributed by atoms with E-state index in [9.17, 15) is 4.79 Å². The van der Waals surface area contributed by atoms with Crippen LogP contribution < -0.4 is 10.6 Å². The van der Waals surface area contributed by atoms with Gasteiger partial charge in [0.15, 0.2) is 0 Å². The molecular weight excluding hydrogens is 274 g/mol. The maximum atomic E-state index is 11.8. The number of hydrogen-bond acceptors (Lipinski definition) is 2. The number of carbonyl (C=O) groups excluding carboxylic acids is 1. The van der Waals surface area contributed by atoms with E-state index in [1.54, 1.807) is 0 Å². The van der Waals surface area contributed by atoms with Gasteiger partial charge in [-0.25, -0.2) is 0 Å². The highest BCUT2D eigenvalue weighted by Crippen LogP contribution is 2.27. The number of hydrogen-bond donors (Lipinski definition) is 3. The summed E-state index contributed by atoms with van der Waals surface area (Å²) in [5.41, 5.74) is 3.85. The molecule has 118 valence electrons. The lowest BCUT2D eigenvalue weighted by Gasteiger charge is -2.06. The van der Waals surface area contributed by atoms with Crippen molar-refractivity contribution in [1.29, 1.82) is 0 Å². The van der Waals surface area contributed by atoms with Gasteiger partial charge in [0.05, 0.1) is 6.54 Å². The zero-order chi connectivity index (χ0) is 15.4. The van der Waals surface area contributed by atoms with Crippen LogP contribution in [0.15, 0.2) is 24.4 Å². The summed E-state index contributed by atoms with van der Waals surface area (Å²) in [4.78, 5) is 15.1. The van der Waals surface area contributed by atoms with E-state index in [1.807, 2.05) is 0 Å². The van der Waals surface area contributed by atoms with Gasteiger partial charge in [-0.05, 0) is 49.3 Å². The molecule has 1 aliphatic carbocycles. The molecule has 4 nitrogen and oxygen atoms in total. The average Bonchev–Trinajstić information content (AvgIpc) is 3.26. The van der Waals surface area contributed by atoms with E-state index in [0.717, 1.165) is 25.3 Å². The Bertz CT molecular complexity index is 643. The molecule has 1 fully saturated rings. The number of aromatic amines is 1. The summed E-state index contributed by atoms with van der Waals surface area (Å²) in [6.07, 6.45) is 6.59. The smallest absolute Gasteiger partial charge is 0.233 e. The molecule has 1 amide bonds. The molecule has 0 unspecified atom stereocenters. The number of nitrogens with one attached hydrogen (secondary N) is 3. The van der Waals surface area contributed by atoms with Gasteiger partial charge < -0.3 is 15.6 Å². The van der Waals surface area contributed by atoms with Crippen molar-refractivity contribution in [3.05, 3.63) is 35.5 Å². The minimum Gasteiger partial charge on any atom is -0.361 e. The number of H-pyrrole nitrogens is 1. The molecule has 1 aliphatic rings. The fourth-order valence-corrected chi connectivity index (χ4v) is 2.89. The third-order valence-corrected chi connectivity index (χ3v) is 4.40. The van der Waals surface area contributed by atoms with Gasteiger partial charge in [-0.3, -0.25) is 4.79 Å². The van der Waals surface area contributed by atoms with Crippen LogP contribution in [0.3, 0.4) is 0 Å². The average molecular weight is 299 g/mol. The Morgan fingerprint density at radius 1 is 1.32 bits per heavy atom. The van der Waals surface area contributed by atoms with Crippen LogP contribution in [-0.2, 0) is 17.6 Å². The van der Waals surface area contributed by atoms with Crippen molar-refractivity contribution in [2.45, 2.75) is 32.6 Å². The number of carbonyl (C=O) groups is 1. The summed E-state index contributed by atoms with van der Waals surface area (Å²) < 4.78 is 0. The van der Waals surface area contributed by atoms with Crippen molar-refractivity contribution in [1.82, 2.24) is 15.6 Å². The van der Waals surface area contributed by atoms with Crippen LogP contribution in [0.1, 0.15) is 30.9 Å². The normalized spacial score (nSPS) is 14.4. The summed E-state index contributed by atoms with van der Waals surface area (Å²) in [6.45, 7) is 4.28. The summed E-state index contributed by atoms with van der Waals surface area (Å²) >= 11 is 0. The van der Waals surface area contributed by atoms with Crippen LogP contribution in [0.2, 0.25) is 0 Å². The SMILES string of the molecule is CCc1cccc2c(CCNC(=O)CNCC3CC3)c[nH]c12. The number of fused-ring (bicyclic) bond motifs is 1. The topological polar surface area (TPSA) is 56.9 Å². The molecule has 0 saturated heterocycles. The highest BCUT2D eigenvalue weighted by atomic mass is 16.1. The largest absolute Gasteiger partial charge is 0.361 e. The molecule has 1 aromatic carbocycles. The highest BCUT2D eigenvalue weighted by Gasteiger charge is 2.20. The molecule has 0 spiro atoms. The van der Waals surface area contributed by atoms with Gasteiger partial charge in [-0.2, -0.15) is 0 Å². The first-order chi connectivity index (χ1) is 10.8. The summed E-state index contributed by atoms with van der Waals surface area (Å²) in [7, 11) is 0. The van der Waals surface area contributed by atoms with Gasteiger partial charge in [0.1, 0.15) is 0 Å². The Morgan fingerprint density at radius 2 is 2.18 bits per heavy atom. The minimum absolute atomic E-state index is 0.0924. The second-order valence-electron chi connectivity index (χ2n) is 6.18. The summed E-state index contributed by atoms with van der Waals surface area (Å²) in [5, 5.41) is 7.49. The van der Waals surface area contributed by atoms with E-state index in [4.69, 9.17) is 0 Å².